The minimum Gasteiger partial charge on any atom is -0.302 e. The molecule has 0 radical (unpaired) electrons. The van der Waals surface area contributed by atoms with Gasteiger partial charge in [0.1, 0.15) is 0 Å². The average Bonchev–Trinajstić information content (AvgIpc) is 3.15. The second-order valence-corrected chi connectivity index (χ2v) is 6.79. The molecule has 4 rings (SSSR count). The molecule has 0 aliphatic rings. The molecule has 0 aliphatic carbocycles. The summed E-state index contributed by atoms with van der Waals surface area (Å²) in [6.07, 6.45) is -0.0582. The van der Waals surface area contributed by atoms with Crippen LogP contribution in [0.2, 0.25) is 0 Å². The summed E-state index contributed by atoms with van der Waals surface area (Å²) >= 11 is 1.16. The van der Waals surface area contributed by atoms with E-state index in [4.69, 9.17) is 0 Å². The van der Waals surface area contributed by atoms with Crippen LogP contribution in [0.4, 0.5) is 13.9 Å². The van der Waals surface area contributed by atoms with Crippen LogP contribution in [-0.4, -0.2) is 21.1 Å². The molecule has 0 unspecified atom stereocenters. The van der Waals surface area contributed by atoms with Crippen molar-refractivity contribution in [3.8, 4) is 11.3 Å². The number of carbonyl (C=O) groups is 1. The van der Waals surface area contributed by atoms with Crippen molar-refractivity contribution < 1.29 is 13.6 Å². The maximum Gasteiger partial charge on any atom is 0.272 e. The van der Waals surface area contributed by atoms with Gasteiger partial charge in [-0.05, 0) is 24.3 Å². The summed E-state index contributed by atoms with van der Waals surface area (Å²) in [5.74, 6) is -2.27. The first-order chi connectivity index (χ1) is 13.5. The van der Waals surface area contributed by atoms with E-state index in [2.05, 4.69) is 20.5 Å². The first-order valence-electron chi connectivity index (χ1n) is 8.18. The summed E-state index contributed by atoms with van der Waals surface area (Å²) in [5, 5.41) is 12.0. The SMILES string of the molecule is O=C(Cc1n[nH]c(=O)c2ccccc12)Nc1nc(-c2ccc(F)c(F)c2)cs1. The number of aromatic amines is 1. The Morgan fingerprint density at radius 2 is 1.89 bits per heavy atom. The largest absolute Gasteiger partial charge is 0.302 e. The Hall–Kier alpha value is -3.46. The quantitative estimate of drug-likeness (QED) is 0.551. The van der Waals surface area contributed by atoms with E-state index < -0.39 is 11.6 Å². The fourth-order valence-corrected chi connectivity index (χ4v) is 3.48. The van der Waals surface area contributed by atoms with E-state index in [0.717, 1.165) is 23.5 Å². The van der Waals surface area contributed by atoms with E-state index in [1.54, 1.807) is 29.6 Å². The zero-order valence-electron chi connectivity index (χ0n) is 14.2. The third-order valence-electron chi connectivity index (χ3n) is 4.07. The van der Waals surface area contributed by atoms with Crippen molar-refractivity contribution in [2.75, 3.05) is 5.32 Å². The number of thiazole rings is 1. The predicted molar refractivity (Wildman–Crippen MR) is 102 cm³/mol. The Morgan fingerprint density at radius 3 is 2.68 bits per heavy atom. The standard InChI is InChI=1S/C19H12F2N4O2S/c20-13-6-5-10(7-14(13)21)16-9-28-19(22-16)23-17(26)8-15-11-3-1-2-4-12(11)18(27)25-24-15/h1-7,9H,8H2,(H,25,27)(H,22,23,26). The van der Waals surface area contributed by atoms with Crippen molar-refractivity contribution in [2.45, 2.75) is 6.42 Å². The Labute approximate surface area is 160 Å². The van der Waals surface area contributed by atoms with Crippen LogP contribution in [0.25, 0.3) is 22.0 Å². The van der Waals surface area contributed by atoms with E-state index in [0.29, 0.717) is 32.9 Å². The first-order valence-corrected chi connectivity index (χ1v) is 9.06. The predicted octanol–water partition coefficient (Wildman–Crippen LogP) is 3.51. The molecule has 0 fully saturated rings. The lowest BCUT2D eigenvalue weighted by atomic mass is 10.1. The van der Waals surface area contributed by atoms with Crippen LogP contribution < -0.4 is 10.9 Å². The van der Waals surface area contributed by atoms with Gasteiger partial charge in [0.05, 0.1) is 23.2 Å². The molecule has 0 bridgehead atoms. The second kappa shape index (κ2) is 7.28. The van der Waals surface area contributed by atoms with Gasteiger partial charge in [-0.2, -0.15) is 5.10 Å². The molecule has 2 N–H and O–H groups in total. The average molecular weight is 398 g/mol. The van der Waals surface area contributed by atoms with Crippen LogP contribution in [0.5, 0.6) is 0 Å². The molecule has 9 heteroatoms. The number of halogens is 2. The van der Waals surface area contributed by atoms with E-state index in [-0.39, 0.29) is 17.9 Å². The van der Waals surface area contributed by atoms with Gasteiger partial charge in [-0.25, -0.2) is 18.9 Å². The highest BCUT2D eigenvalue weighted by Gasteiger charge is 2.13. The van der Waals surface area contributed by atoms with E-state index >= 15 is 0 Å². The number of amides is 1. The maximum atomic E-state index is 13.4. The molecule has 0 aliphatic heterocycles. The molecule has 2 aromatic carbocycles. The number of carbonyl (C=O) groups excluding carboxylic acids is 1. The lowest BCUT2D eigenvalue weighted by Crippen LogP contribution is -2.18. The lowest BCUT2D eigenvalue weighted by molar-refractivity contribution is -0.115. The molecule has 6 nitrogen and oxygen atoms in total. The number of anilines is 1. The zero-order chi connectivity index (χ0) is 19.7. The highest BCUT2D eigenvalue weighted by molar-refractivity contribution is 7.14. The third kappa shape index (κ3) is 3.52. The van der Waals surface area contributed by atoms with Gasteiger partial charge in [0.25, 0.3) is 5.56 Å². The number of hydrogen-bond donors (Lipinski definition) is 2. The van der Waals surface area contributed by atoms with Gasteiger partial charge >= 0.3 is 0 Å². The number of nitrogens with one attached hydrogen (secondary N) is 2. The van der Waals surface area contributed by atoms with Crippen LogP contribution in [-0.2, 0) is 11.2 Å². The van der Waals surface area contributed by atoms with Gasteiger partial charge in [-0.1, -0.05) is 18.2 Å². The van der Waals surface area contributed by atoms with E-state index in [9.17, 15) is 18.4 Å². The lowest BCUT2D eigenvalue weighted by Gasteiger charge is -2.04. The smallest absolute Gasteiger partial charge is 0.272 e. The molecule has 0 saturated heterocycles. The number of nitrogens with zero attached hydrogens (tertiary/aromatic N) is 2. The molecule has 2 heterocycles. The summed E-state index contributed by atoms with van der Waals surface area (Å²) in [6.45, 7) is 0. The fourth-order valence-electron chi connectivity index (χ4n) is 2.74. The molecule has 0 spiro atoms. The summed E-state index contributed by atoms with van der Waals surface area (Å²) < 4.78 is 26.4. The molecule has 140 valence electrons. The van der Waals surface area contributed by atoms with Gasteiger partial charge in [0, 0.05) is 16.3 Å². The Morgan fingerprint density at radius 1 is 1.11 bits per heavy atom. The molecular formula is C19H12F2N4O2S. The van der Waals surface area contributed by atoms with Gasteiger partial charge in [0.15, 0.2) is 16.8 Å². The van der Waals surface area contributed by atoms with Crippen LogP contribution in [0, 0.1) is 11.6 Å². The molecular weight excluding hydrogens is 386 g/mol. The highest BCUT2D eigenvalue weighted by Crippen LogP contribution is 2.26. The Bertz CT molecular complexity index is 1250. The normalized spacial score (nSPS) is 10.9. The summed E-state index contributed by atoms with van der Waals surface area (Å²) in [4.78, 5) is 28.4. The van der Waals surface area contributed by atoms with Crippen LogP contribution in [0.3, 0.4) is 0 Å². The van der Waals surface area contributed by atoms with Crippen molar-refractivity contribution in [2.24, 2.45) is 0 Å². The third-order valence-corrected chi connectivity index (χ3v) is 4.83. The van der Waals surface area contributed by atoms with Crippen molar-refractivity contribution in [3.05, 3.63) is 75.5 Å². The summed E-state index contributed by atoms with van der Waals surface area (Å²) in [7, 11) is 0. The number of hydrogen-bond acceptors (Lipinski definition) is 5. The Kier molecular flexibility index (Phi) is 4.66. The number of fused-ring (bicyclic) bond motifs is 1. The zero-order valence-corrected chi connectivity index (χ0v) is 15.0. The molecule has 4 aromatic rings. The van der Waals surface area contributed by atoms with Crippen molar-refractivity contribution in [3.63, 3.8) is 0 Å². The number of H-pyrrole nitrogens is 1. The molecule has 1 amide bonds. The summed E-state index contributed by atoms with van der Waals surface area (Å²) in [5.41, 5.74) is 0.941. The van der Waals surface area contributed by atoms with E-state index in [1.807, 2.05) is 0 Å². The first kappa shape index (κ1) is 17.9. The maximum absolute atomic E-state index is 13.4. The summed E-state index contributed by atoms with van der Waals surface area (Å²) in [6, 6.07) is 10.4. The van der Waals surface area contributed by atoms with Crippen LogP contribution in [0.1, 0.15) is 5.69 Å². The number of rotatable bonds is 4. The topological polar surface area (TPSA) is 87.7 Å². The van der Waals surface area contributed by atoms with E-state index in [1.165, 1.54) is 6.07 Å². The molecule has 28 heavy (non-hydrogen) atoms. The molecule has 2 aromatic heterocycles. The van der Waals surface area contributed by atoms with Gasteiger partial charge in [0.2, 0.25) is 5.91 Å². The van der Waals surface area contributed by atoms with Gasteiger partial charge < -0.3 is 5.32 Å². The van der Waals surface area contributed by atoms with Gasteiger partial charge in [-0.15, -0.1) is 11.3 Å². The minimum atomic E-state index is -0.966. The fraction of sp³-hybridized carbons (Fsp3) is 0.0526. The van der Waals surface area contributed by atoms with Crippen molar-refractivity contribution >= 4 is 33.1 Å². The van der Waals surface area contributed by atoms with Crippen LogP contribution in [0.15, 0.2) is 52.6 Å². The van der Waals surface area contributed by atoms with Crippen molar-refractivity contribution in [1.29, 1.82) is 0 Å². The Balaban J connectivity index is 1.52. The monoisotopic (exact) mass is 398 g/mol. The second-order valence-electron chi connectivity index (χ2n) is 5.94. The molecule has 0 atom stereocenters. The molecule has 0 saturated carbocycles. The minimum absolute atomic E-state index is 0.0582. The number of aromatic nitrogens is 3. The van der Waals surface area contributed by atoms with Gasteiger partial charge in [-0.3, -0.25) is 9.59 Å². The van der Waals surface area contributed by atoms with Crippen LogP contribution >= 0.6 is 11.3 Å². The highest BCUT2D eigenvalue weighted by atomic mass is 32.1. The van der Waals surface area contributed by atoms with Crippen molar-refractivity contribution in [1.82, 2.24) is 15.2 Å². The number of benzene rings is 2.